The van der Waals surface area contributed by atoms with Crippen LogP contribution in [0.2, 0.25) is 0 Å². The van der Waals surface area contributed by atoms with Crippen molar-refractivity contribution in [3.63, 3.8) is 0 Å². The lowest BCUT2D eigenvalue weighted by molar-refractivity contribution is -0.181. The van der Waals surface area contributed by atoms with Crippen molar-refractivity contribution in [3.8, 4) is 0 Å². The van der Waals surface area contributed by atoms with Gasteiger partial charge in [0.1, 0.15) is 11.9 Å². The first kappa shape index (κ1) is 27.3. The van der Waals surface area contributed by atoms with E-state index in [0.717, 1.165) is 37.7 Å². The zero-order valence-electron chi connectivity index (χ0n) is 23.3. The Hall–Kier alpha value is -0.750. The summed E-state index contributed by atoms with van der Waals surface area (Å²) < 4.78 is 0. The molecule has 0 saturated heterocycles. The van der Waals surface area contributed by atoms with Crippen molar-refractivity contribution in [2.24, 2.45) is 39.4 Å². The van der Waals surface area contributed by atoms with Crippen molar-refractivity contribution < 1.29 is 25.2 Å². The Morgan fingerprint density at radius 1 is 1.00 bits per heavy atom. The molecule has 4 aliphatic carbocycles. The highest BCUT2D eigenvalue weighted by molar-refractivity contribution is 5.85. The van der Waals surface area contributed by atoms with Crippen LogP contribution in [0.3, 0.4) is 0 Å². The molecule has 0 aromatic rings. The number of carbonyl (C=O) groups is 1. The van der Waals surface area contributed by atoms with Crippen LogP contribution in [-0.4, -0.2) is 50.1 Å². The van der Waals surface area contributed by atoms with E-state index < -0.39 is 23.9 Å². The first-order valence-electron chi connectivity index (χ1n) is 13.9. The monoisotopic (exact) mass is 490 g/mol. The van der Waals surface area contributed by atoms with Gasteiger partial charge in [0.25, 0.3) is 0 Å². The molecule has 9 atom stereocenters. The van der Waals surface area contributed by atoms with Gasteiger partial charge in [-0.2, -0.15) is 0 Å². The number of rotatable bonds is 5. The van der Waals surface area contributed by atoms with E-state index in [4.69, 9.17) is 0 Å². The largest absolute Gasteiger partial charge is 0.390 e. The predicted molar refractivity (Wildman–Crippen MR) is 138 cm³/mol. The van der Waals surface area contributed by atoms with Crippen molar-refractivity contribution in [1.82, 2.24) is 0 Å². The first-order valence-corrected chi connectivity index (χ1v) is 13.9. The van der Waals surface area contributed by atoms with Gasteiger partial charge in [0, 0.05) is 11.8 Å². The van der Waals surface area contributed by atoms with Gasteiger partial charge in [-0.05, 0) is 98.4 Å². The van der Waals surface area contributed by atoms with Crippen molar-refractivity contribution in [2.45, 2.75) is 131 Å². The first-order chi connectivity index (χ1) is 15.9. The normalized spacial score (nSPS) is 43.8. The van der Waals surface area contributed by atoms with Gasteiger partial charge < -0.3 is 20.4 Å². The fourth-order valence-electron chi connectivity index (χ4n) is 9.80. The Kier molecular flexibility index (Phi) is 6.53. The van der Waals surface area contributed by atoms with Gasteiger partial charge in [-0.15, -0.1) is 0 Å². The Labute approximate surface area is 212 Å². The Morgan fingerprint density at radius 2 is 1.63 bits per heavy atom. The summed E-state index contributed by atoms with van der Waals surface area (Å²) in [5, 5.41) is 42.6. The maximum Gasteiger partial charge on any atom is 0.138 e. The third-order valence-electron chi connectivity index (χ3n) is 11.9. The van der Waals surface area contributed by atoms with Gasteiger partial charge in [0.05, 0.1) is 17.8 Å². The Morgan fingerprint density at radius 3 is 2.23 bits per heavy atom. The average Bonchev–Trinajstić information content (AvgIpc) is 3.00. The number of hydrogen-bond donors (Lipinski definition) is 4. The SMILES string of the molecule is C[C@H](C[C@H](O)[C@H](O)C(C)(C)O)C1=C2CC[C@@H]3[C@]4(C)CCC(=O)C(C)(C)[C@@H]4CC[C@]3(C)[C@@]2(C)C[C@H]1O. The summed E-state index contributed by atoms with van der Waals surface area (Å²) in [6.45, 7) is 16.7. The van der Waals surface area contributed by atoms with Crippen LogP contribution in [-0.2, 0) is 4.79 Å². The van der Waals surface area contributed by atoms with Gasteiger partial charge in [0.15, 0.2) is 0 Å². The molecule has 35 heavy (non-hydrogen) atoms. The molecule has 0 unspecified atom stereocenters. The molecule has 5 nitrogen and oxygen atoms in total. The van der Waals surface area contributed by atoms with E-state index in [1.165, 1.54) is 19.4 Å². The quantitative estimate of drug-likeness (QED) is 0.415. The van der Waals surface area contributed by atoms with Crippen LogP contribution >= 0.6 is 0 Å². The number of ketones is 1. The summed E-state index contributed by atoms with van der Waals surface area (Å²) in [4.78, 5) is 12.9. The summed E-state index contributed by atoms with van der Waals surface area (Å²) in [6.07, 6.45) is 4.01. The standard InChI is InChI=1S/C30H50O5/c1-17(15-19(31)25(34)27(4,5)35)24-18-9-10-22-28(6)13-12-23(33)26(2,3)21(28)11-14-29(22,7)30(18,8)16-20(24)32/h17,19-22,25,31-32,34-35H,9-16H2,1-8H3/t17-,19+,20-,21+,22-,25+,28-,29+,30+/m1/s1. The molecule has 0 aromatic carbocycles. The number of aliphatic hydroxyl groups excluding tert-OH is 3. The van der Waals surface area contributed by atoms with Crippen molar-refractivity contribution in [3.05, 3.63) is 11.1 Å². The number of fused-ring (bicyclic) bond motifs is 5. The molecule has 0 bridgehead atoms. The smallest absolute Gasteiger partial charge is 0.138 e. The fraction of sp³-hybridized carbons (Fsp3) is 0.900. The minimum absolute atomic E-state index is 0.0516. The van der Waals surface area contributed by atoms with Crippen molar-refractivity contribution in [2.75, 3.05) is 0 Å². The predicted octanol–water partition coefficient (Wildman–Crippen LogP) is 4.79. The van der Waals surface area contributed by atoms with Crippen LogP contribution in [0.1, 0.15) is 107 Å². The maximum absolute atomic E-state index is 12.9. The molecule has 4 N–H and O–H groups in total. The Bertz CT molecular complexity index is 899. The molecule has 0 heterocycles. The van der Waals surface area contributed by atoms with Gasteiger partial charge in [0.2, 0.25) is 0 Å². The molecule has 5 heteroatoms. The molecule has 4 aliphatic rings. The summed E-state index contributed by atoms with van der Waals surface area (Å²) in [5.74, 6) is 1.27. The lowest BCUT2D eigenvalue weighted by Crippen LogP contribution is -2.62. The van der Waals surface area contributed by atoms with E-state index in [2.05, 4.69) is 34.6 Å². The summed E-state index contributed by atoms with van der Waals surface area (Å²) in [6, 6.07) is 0. The molecule has 0 radical (unpaired) electrons. The third-order valence-corrected chi connectivity index (χ3v) is 11.9. The van der Waals surface area contributed by atoms with Crippen LogP contribution in [0.25, 0.3) is 0 Å². The molecule has 0 aliphatic heterocycles. The highest BCUT2D eigenvalue weighted by Crippen LogP contribution is 2.74. The van der Waals surface area contributed by atoms with Crippen LogP contribution in [0.5, 0.6) is 0 Å². The van der Waals surface area contributed by atoms with Crippen molar-refractivity contribution in [1.29, 1.82) is 0 Å². The number of allylic oxidation sites excluding steroid dienone is 1. The lowest BCUT2D eigenvalue weighted by atomic mass is 9.36. The molecule has 3 saturated carbocycles. The minimum Gasteiger partial charge on any atom is -0.390 e. The molecule has 0 aromatic heterocycles. The fourth-order valence-corrected chi connectivity index (χ4v) is 9.80. The molecule has 0 amide bonds. The summed E-state index contributed by atoms with van der Waals surface area (Å²) in [5.41, 5.74) is 0.848. The zero-order valence-corrected chi connectivity index (χ0v) is 23.3. The van der Waals surface area contributed by atoms with Crippen LogP contribution in [0, 0.1) is 39.4 Å². The summed E-state index contributed by atoms with van der Waals surface area (Å²) in [7, 11) is 0. The van der Waals surface area contributed by atoms with Crippen molar-refractivity contribution >= 4 is 5.78 Å². The van der Waals surface area contributed by atoms with Crippen LogP contribution in [0.4, 0.5) is 0 Å². The second-order valence-electron chi connectivity index (χ2n) is 14.5. The van der Waals surface area contributed by atoms with Gasteiger partial charge in [-0.25, -0.2) is 0 Å². The summed E-state index contributed by atoms with van der Waals surface area (Å²) >= 11 is 0. The molecular formula is C30H50O5. The third kappa shape index (κ3) is 3.82. The van der Waals surface area contributed by atoms with E-state index in [1.54, 1.807) is 0 Å². The van der Waals surface area contributed by atoms with Crippen LogP contribution < -0.4 is 0 Å². The molecule has 3 fully saturated rings. The topological polar surface area (TPSA) is 98.0 Å². The highest BCUT2D eigenvalue weighted by Gasteiger charge is 2.67. The van der Waals surface area contributed by atoms with E-state index in [0.29, 0.717) is 36.9 Å². The maximum atomic E-state index is 12.9. The van der Waals surface area contributed by atoms with Gasteiger partial charge >= 0.3 is 0 Å². The number of hydrogen-bond acceptors (Lipinski definition) is 5. The second kappa shape index (κ2) is 8.38. The second-order valence-corrected chi connectivity index (χ2v) is 14.5. The number of aliphatic hydroxyl groups is 4. The van der Waals surface area contributed by atoms with Gasteiger partial charge in [-0.3, -0.25) is 4.79 Å². The van der Waals surface area contributed by atoms with E-state index in [9.17, 15) is 25.2 Å². The van der Waals surface area contributed by atoms with E-state index >= 15 is 0 Å². The molecular weight excluding hydrogens is 440 g/mol. The number of Topliss-reactive ketones (excluding diaryl/α,β-unsaturated/α-hetero) is 1. The number of carbonyl (C=O) groups excluding carboxylic acids is 1. The highest BCUT2D eigenvalue weighted by atomic mass is 16.4. The van der Waals surface area contributed by atoms with E-state index in [-0.39, 0.29) is 27.6 Å². The Balaban J connectivity index is 1.67. The molecule has 4 rings (SSSR count). The molecule has 200 valence electrons. The van der Waals surface area contributed by atoms with E-state index in [1.807, 2.05) is 6.92 Å². The van der Waals surface area contributed by atoms with Gasteiger partial charge in [-0.1, -0.05) is 47.1 Å². The molecule has 0 spiro atoms. The zero-order chi connectivity index (χ0) is 26.4. The lowest BCUT2D eigenvalue weighted by Gasteiger charge is -2.68. The minimum atomic E-state index is -1.38. The average molecular weight is 491 g/mol. The van der Waals surface area contributed by atoms with Crippen LogP contribution in [0.15, 0.2) is 11.1 Å².